The van der Waals surface area contributed by atoms with Crippen LogP contribution in [0.2, 0.25) is 25.7 Å². The van der Waals surface area contributed by atoms with Gasteiger partial charge in [-0.05, 0) is 76.8 Å². The number of likely N-dealkylation sites (tertiary alicyclic amines) is 1. The molecule has 1 aliphatic rings. The predicted molar refractivity (Wildman–Crippen MR) is 218 cm³/mol. The molecule has 1 fully saturated rings. The summed E-state index contributed by atoms with van der Waals surface area (Å²) in [7, 11) is 0.0922. The summed E-state index contributed by atoms with van der Waals surface area (Å²) in [4.78, 5) is 83.8. The molecule has 0 unspecified atom stereocenters. The number of rotatable bonds is 20. The van der Waals surface area contributed by atoms with E-state index in [-0.39, 0.29) is 38.2 Å². The third kappa shape index (κ3) is 17.9. The van der Waals surface area contributed by atoms with Crippen molar-refractivity contribution in [3.05, 3.63) is 35.9 Å². The molecule has 0 radical (unpaired) electrons. The highest BCUT2D eigenvalue weighted by Crippen LogP contribution is 2.25. The number of ether oxygens (including phenoxy) is 5. The minimum Gasteiger partial charge on any atom is -0.458 e. The van der Waals surface area contributed by atoms with Gasteiger partial charge >= 0.3 is 24.1 Å². The molecule has 0 aliphatic carbocycles. The van der Waals surface area contributed by atoms with Crippen LogP contribution < -0.4 is 10.6 Å². The Balaban J connectivity index is 2.23. The molecule has 0 saturated carbocycles. The highest BCUT2D eigenvalue weighted by molar-refractivity contribution is 6.76. The smallest absolute Gasteiger partial charge is 0.408 e. The number of benzene rings is 1. The van der Waals surface area contributed by atoms with E-state index in [1.165, 1.54) is 23.8 Å². The molecule has 1 aliphatic heterocycles. The SMILES string of the molecule is CC(C)C[C@H](NC(=O)OCc1ccccc1)C(=O)N1CCC[C@H]1C(=O)N(C)[C@@H](CC(C)C)C(=O)O[C@H](C)[C@H](NC(=O)OC(C)(C)C)C(=O)OCOCC[Si](C)(C)C. The maximum Gasteiger partial charge on any atom is 0.408 e. The van der Waals surface area contributed by atoms with Crippen molar-refractivity contribution >= 4 is 44.0 Å². The van der Waals surface area contributed by atoms with E-state index in [0.717, 1.165) is 11.6 Å². The van der Waals surface area contributed by atoms with Gasteiger partial charge in [-0.2, -0.15) is 0 Å². The standard InChI is InChI=1S/C41H68N4O11Si/c1-27(2)23-31(42-39(50)53-25-30-17-14-13-15-18-30)35(46)45-20-16-19-32(45)36(47)44(9)33(24-28(3)4)37(48)55-29(5)34(43-40(51)56-41(6,7)8)38(49)54-26-52-21-22-57(10,11)12/h13-15,17-18,27-29,31-34H,16,19-26H2,1-12H3,(H,42,50)(H,43,51)/t29-,31+,32+,33+,34+/m1/s1. The average Bonchev–Trinajstić information content (AvgIpc) is 3.59. The molecule has 4 amide bonds. The number of hydrogen-bond donors (Lipinski definition) is 2. The fraction of sp³-hybridized carbons (Fsp3) is 0.707. The molecule has 1 aromatic rings. The van der Waals surface area contributed by atoms with E-state index in [4.69, 9.17) is 23.7 Å². The van der Waals surface area contributed by atoms with Crippen LogP contribution in [0.3, 0.4) is 0 Å². The lowest BCUT2D eigenvalue weighted by atomic mass is 10.0. The molecule has 322 valence electrons. The zero-order valence-corrected chi connectivity index (χ0v) is 37.2. The van der Waals surface area contributed by atoms with Gasteiger partial charge < -0.3 is 44.1 Å². The Morgan fingerprint density at radius 3 is 2.09 bits per heavy atom. The van der Waals surface area contributed by atoms with Crippen LogP contribution in [0, 0.1) is 11.8 Å². The number of amides is 4. The summed E-state index contributed by atoms with van der Waals surface area (Å²) in [5, 5.41) is 5.18. The van der Waals surface area contributed by atoms with Gasteiger partial charge in [-0.1, -0.05) is 77.7 Å². The number of carbonyl (C=O) groups excluding carboxylic acids is 6. The molecule has 2 N–H and O–H groups in total. The highest BCUT2D eigenvalue weighted by atomic mass is 28.3. The Morgan fingerprint density at radius 1 is 0.877 bits per heavy atom. The Morgan fingerprint density at radius 2 is 1.51 bits per heavy atom. The van der Waals surface area contributed by atoms with Crippen molar-refractivity contribution < 1.29 is 52.5 Å². The summed E-state index contributed by atoms with van der Waals surface area (Å²) < 4.78 is 27.4. The molecule has 57 heavy (non-hydrogen) atoms. The molecular formula is C41H68N4O11Si. The van der Waals surface area contributed by atoms with Crippen molar-refractivity contribution in [1.29, 1.82) is 0 Å². The number of carbonyl (C=O) groups is 6. The summed E-state index contributed by atoms with van der Waals surface area (Å²) in [6, 6.07) is 5.63. The molecule has 0 bridgehead atoms. The minimum absolute atomic E-state index is 0.0308. The van der Waals surface area contributed by atoms with Gasteiger partial charge in [0, 0.05) is 28.3 Å². The number of alkyl carbamates (subject to hydrolysis) is 2. The predicted octanol–water partition coefficient (Wildman–Crippen LogP) is 5.87. The zero-order chi connectivity index (χ0) is 43.1. The Kier molecular flexibility index (Phi) is 19.5. The van der Waals surface area contributed by atoms with Crippen molar-refractivity contribution in [3.8, 4) is 0 Å². The number of nitrogens with zero attached hydrogens (tertiary/aromatic N) is 2. The summed E-state index contributed by atoms with van der Waals surface area (Å²) in [5.41, 5.74) is -0.0837. The Labute approximate surface area is 340 Å². The highest BCUT2D eigenvalue weighted by Gasteiger charge is 2.43. The van der Waals surface area contributed by atoms with Crippen molar-refractivity contribution in [3.63, 3.8) is 0 Å². The fourth-order valence-electron chi connectivity index (χ4n) is 6.09. The first kappa shape index (κ1) is 49.0. The third-order valence-electron chi connectivity index (χ3n) is 9.09. The topological polar surface area (TPSA) is 179 Å². The van der Waals surface area contributed by atoms with E-state index >= 15 is 0 Å². The molecule has 16 heteroatoms. The minimum atomic E-state index is -1.46. The second-order valence-corrected chi connectivity index (χ2v) is 23.4. The quantitative estimate of drug-likeness (QED) is 0.0528. The molecule has 1 heterocycles. The Hall–Kier alpha value is -4.18. The van der Waals surface area contributed by atoms with E-state index in [9.17, 15) is 28.8 Å². The van der Waals surface area contributed by atoms with Crippen LogP contribution >= 0.6 is 0 Å². The lowest BCUT2D eigenvalue weighted by Gasteiger charge is -2.35. The summed E-state index contributed by atoms with van der Waals surface area (Å²) >= 11 is 0. The fourth-order valence-corrected chi connectivity index (χ4v) is 6.85. The molecule has 0 aromatic heterocycles. The van der Waals surface area contributed by atoms with Crippen molar-refractivity contribution in [2.75, 3.05) is 27.0 Å². The van der Waals surface area contributed by atoms with E-state index in [1.807, 2.05) is 58.0 Å². The van der Waals surface area contributed by atoms with Crippen molar-refractivity contribution in [1.82, 2.24) is 20.4 Å². The normalized spacial score (nSPS) is 16.6. The van der Waals surface area contributed by atoms with E-state index in [0.29, 0.717) is 25.9 Å². The maximum atomic E-state index is 14.2. The molecule has 5 atom stereocenters. The van der Waals surface area contributed by atoms with Crippen molar-refractivity contribution in [2.24, 2.45) is 11.8 Å². The van der Waals surface area contributed by atoms with Crippen LogP contribution in [-0.4, -0.2) is 117 Å². The van der Waals surface area contributed by atoms with Gasteiger partial charge in [-0.25, -0.2) is 19.2 Å². The number of likely N-dealkylation sites (N-methyl/N-ethyl adjacent to an activating group) is 1. The van der Waals surface area contributed by atoms with Crippen LogP contribution in [-0.2, 0) is 49.5 Å². The molecule has 15 nitrogen and oxygen atoms in total. The van der Waals surface area contributed by atoms with Crippen LogP contribution in [0.25, 0.3) is 0 Å². The average molecular weight is 821 g/mol. The largest absolute Gasteiger partial charge is 0.458 e. The van der Waals surface area contributed by atoms with Crippen LogP contribution in [0.5, 0.6) is 0 Å². The molecule has 1 saturated heterocycles. The maximum absolute atomic E-state index is 14.2. The lowest BCUT2D eigenvalue weighted by molar-refractivity contribution is -0.169. The second kappa shape index (κ2) is 22.7. The van der Waals surface area contributed by atoms with E-state index < -0.39 is 79.9 Å². The van der Waals surface area contributed by atoms with Gasteiger partial charge in [0.05, 0.1) is 0 Å². The third-order valence-corrected chi connectivity index (χ3v) is 10.8. The summed E-state index contributed by atoms with van der Waals surface area (Å²) in [6.45, 7) is 21.0. The molecule has 1 aromatic carbocycles. The van der Waals surface area contributed by atoms with Gasteiger partial charge in [-0.15, -0.1) is 0 Å². The number of nitrogens with one attached hydrogen (secondary N) is 2. The van der Waals surface area contributed by atoms with Gasteiger partial charge in [0.15, 0.2) is 12.8 Å². The number of esters is 2. The molecular weight excluding hydrogens is 753 g/mol. The van der Waals surface area contributed by atoms with Crippen LogP contribution in [0.15, 0.2) is 30.3 Å². The summed E-state index contributed by atoms with van der Waals surface area (Å²) in [6.07, 6.45) is -1.48. The second-order valence-electron chi connectivity index (χ2n) is 17.7. The molecule has 2 rings (SSSR count). The zero-order valence-electron chi connectivity index (χ0n) is 36.2. The number of hydrogen-bond acceptors (Lipinski definition) is 11. The van der Waals surface area contributed by atoms with E-state index in [2.05, 4.69) is 30.3 Å². The van der Waals surface area contributed by atoms with Gasteiger partial charge in [0.1, 0.15) is 36.4 Å². The van der Waals surface area contributed by atoms with Gasteiger partial charge in [0.25, 0.3) is 0 Å². The first-order valence-corrected chi connectivity index (χ1v) is 23.7. The lowest BCUT2D eigenvalue weighted by Crippen LogP contribution is -2.57. The Bertz CT molecular complexity index is 1480. The monoisotopic (exact) mass is 820 g/mol. The first-order chi connectivity index (χ1) is 26.5. The van der Waals surface area contributed by atoms with Gasteiger partial charge in [-0.3, -0.25) is 9.59 Å². The van der Waals surface area contributed by atoms with Crippen molar-refractivity contribution in [2.45, 2.75) is 149 Å². The molecule has 0 spiro atoms. The summed E-state index contributed by atoms with van der Waals surface area (Å²) in [5.74, 6) is -2.62. The van der Waals surface area contributed by atoms with Gasteiger partial charge in [0.2, 0.25) is 11.8 Å². The van der Waals surface area contributed by atoms with E-state index in [1.54, 1.807) is 20.8 Å². The van der Waals surface area contributed by atoms with Crippen LogP contribution in [0.4, 0.5) is 9.59 Å². The first-order valence-electron chi connectivity index (χ1n) is 20.0. The van der Waals surface area contributed by atoms with Crippen LogP contribution in [0.1, 0.15) is 86.6 Å².